The second-order valence-electron chi connectivity index (χ2n) is 13.6. The van der Waals surface area contributed by atoms with Gasteiger partial charge in [0.1, 0.15) is 11.5 Å². The fourth-order valence-electron chi connectivity index (χ4n) is 6.71. The molecule has 1 fully saturated rings. The highest BCUT2D eigenvalue weighted by Crippen LogP contribution is 2.51. The summed E-state index contributed by atoms with van der Waals surface area (Å²) in [6.45, 7) is 9.25. The second kappa shape index (κ2) is 17.7. The molecule has 0 unspecified atom stereocenters. The lowest BCUT2D eigenvalue weighted by molar-refractivity contribution is -0.260. The van der Waals surface area contributed by atoms with Gasteiger partial charge in [0.05, 0.1) is 23.2 Å². The number of rotatable bonds is 19. The molecule has 4 rings (SSSR count). The maximum atomic E-state index is 14.0. The van der Waals surface area contributed by atoms with Crippen LogP contribution in [0.3, 0.4) is 0 Å². The Kier molecular flexibility index (Phi) is 13.7. The predicted molar refractivity (Wildman–Crippen MR) is 187 cm³/mol. The van der Waals surface area contributed by atoms with Gasteiger partial charge < -0.3 is 9.47 Å². The van der Waals surface area contributed by atoms with Gasteiger partial charge in [0, 0.05) is 0 Å². The number of esters is 1. The van der Waals surface area contributed by atoms with Crippen LogP contribution >= 0.6 is 0 Å². The third kappa shape index (κ3) is 9.45. The standard InChI is InChI=1S/C41H56NO4/c1-5-7-9-11-13-15-17-33-18-20-34(21-19-33)39(43)46-38-28-24-36(25-29-38)41(4)31-30-40(3,42(41)44)35-22-26-37(27-23-35)45-32-16-14-12-10-8-6-2/h18-29H,5-17,30-32H2,1-4H3/t40-,41-/m0/s1. The lowest BCUT2D eigenvalue weighted by atomic mass is 9.89. The predicted octanol–water partition coefficient (Wildman–Crippen LogP) is 11.1. The van der Waals surface area contributed by atoms with Crippen molar-refractivity contribution in [2.24, 2.45) is 0 Å². The van der Waals surface area contributed by atoms with Gasteiger partial charge in [-0.25, -0.2) is 4.79 Å². The second-order valence-corrected chi connectivity index (χ2v) is 13.6. The van der Waals surface area contributed by atoms with Gasteiger partial charge in [-0.05, 0) is 99.0 Å². The molecule has 1 aliphatic rings. The molecule has 249 valence electrons. The first kappa shape index (κ1) is 35.7. The lowest BCUT2D eigenvalue weighted by Gasteiger charge is -2.37. The molecular formula is C41H56NO4. The molecule has 0 aromatic heterocycles. The van der Waals surface area contributed by atoms with E-state index in [-0.39, 0.29) is 5.97 Å². The van der Waals surface area contributed by atoms with E-state index < -0.39 is 11.1 Å². The number of carbonyl (C=O) groups is 1. The highest BCUT2D eigenvalue weighted by atomic mass is 16.5. The number of ether oxygens (including phenoxy) is 2. The molecule has 1 radical (unpaired) electrons. The third-order valence-corrected chi connectivity index (χ3v) is 9.93. The Morgan fingerprint density at radius 3 is 1.65 bits per heavy atom. The van der Waals surface area contributed by atoms with Crippen molar-refractivity contribution in [1.29, 1.82) is 0 Å². The molecule has 0 spiro atoms. The maximum absolute atomic E-state index is 14.0. The van der Waals surface area contributed by atoms with Crippen molar-refractivity contribution >= 4 is 5.97 Å². The van der Waals surface area contributed by atoms with E-state index >= 15 is 0 Å². The van der Waals surface area contributed by atoms with Crippen molar-refractivity contribution in [2.75, 3.05) is 6.61 Å². The zero-order chi connectivity index (χ0) is 32.8. The SMILES string of the molecule is CCCCCCCCOc1ccc([C@]2(C)CC[C@@](C)(c3ccc(OC(=O)c4ccc(CCCCCCCC)cc4)cc3)N2[O])cc1. The molecule has 5 nitrogen and oxygen atoms in total. The van der Waals surface area contributed by atoms with Crippen LogP contribution in [0.1, 0.15) is 145 Å². The summed E-state index contributed by atoms with van der Waals surface area (Å²) in [6.07, 6.45) is 17.6. The van der Waals surface area contributed by atoms with Crippen LogP contribution in [0.25, 0.3) is 0 Å². The molecule has 5 heteroatoms. The van der Waals surface area contributed by atoms with Crippen LogP contribution in [-0.4, -0.2) is 17.6 Å². The van der Waals surface area contributed by atoms with E-state index in [1.807, 2.05) is 74.5 Å². The molecule has 46 heavy (non-hydrogen) atoms. The number of hydrogen-bond donors (Lipinski definition) is 0. The van der Waals surface area contributed by atoms with Gasteiger partial charge in [0.15, 0.2) is 0 Å². The highest BCUT2D eigenvalue weighted by Gasteiger charge is 2.52. The van der Waals surface area contributed by atoms with Gasteiger partial charge in [0.25, 0.3) is 0 Å². The van der Waals surface area contributed by atoms with Gasteiger partial charge >= 0.3 is 5.97 Å². The minimum absolute atomic E-state index is 0.372. The molecule has 0 saturated carbocycles. The maximum Gasteiger partial charge on any atom is 0.343 e. The smallest absolute Gasteiger partial charge is 0.343 e. The van der Waals surface area contributed by atoms with E-state index in [1.165, 1.54) is 81.3 Å². The van der Waals surface area contributed by atoms with Crippen LogP contribution in [-0.2, 0) is 22.7 Å². The molecule has 3 aromatic carbocycles. The van der Waals surface area contributed by atoms with Crippen LogP contribution in [0.2, 0.25) is 0 Å². The first-order valence-corrected chi connectivity index (χ1v) is 17.9. The molecule has 0 bridgehead atoms. The summed E-state index contributed by atoms with van der Waals surface area (Å²) < 4.78 is 11.7. The summed E-state index contributed by atoms with van der Waals surface area (Å²) in [7, 11) is 0. The summed E-state index contributed by atoms with van der Waals surface area (Å²) in [5, 5.41) is 15.2. The van der Waals surface area contributed by atoms with Crippen molar-refractivity contribution in [3.63, 3.8) is 0 Å². The van der Waals surface area contributed by atoms with Crippen LogP contribution in [0.4, 0.5) is 0 Å². The molecule has 0 aliphatic carbocycles. The lowest BCUT2D eigenvalue weighted by Crippen LogP contribution is -2.44. The molecule has 0 amide bonds. The number of unbranched alkanes of at least 4 members (excludes halogenated alkanes) is 10. The van der Waals surface area contributed by atoms with Gasteiger partial charge in [-0.2, -0.15) is 0 Å². The van der Waals surface area contributed by atoms with E-state index in [9.17, 15) is 10.0 Å². The Hall–Kier alpha value is -3.15. The average Bonchev–Trinajstić information content (AvgIpc) is 3.32. The number of aryl methyl sites for hydroxylation is 1. The third-order valence-electron chi connectivity index (χ3n) is 9.93. The van der Waals surface area contributed by atoms with Crippen molar-refractivity contribution in [2.45, 2.75) is 135 Å². The van der Waals surface area contributed by atoms with E-state index in [1.54, 1.807) is 12.1 Å². The highest BCUT2D eigenvalue weighted by molar-refractivity contribution is 5.91. The zero-order valence-electron chi connectivity index (χ0n) is 28.8. The Labute approximate surface area is 278 Å². The van der Waals surface area contributed by atoms with E-state index in [4.69, 9.17) is 9.47 Å². The first-order valence-electron chi connectivity index (χ1n) is 17.9. The minimum Gasteiger partial charge on any atom is -0.494 e. The zero-order valence-corrected chi connectivity index (χ0v) is 28.8. The number of benzene rings is 3. The van der Waals surface area contributed by atoms with Crippen molar-refractivity contribution < 1.29 is 19.5 Å². The fraction of sp³-hybridized carbons (Fsp3) is 0.537. The topological polar surface area (TPSA) is 58.7 Å². The van der Waals surface area contributed by atoms with Crippen LogP contribution in [0, 0.1) is 0 Å². The van der Waals surface area contributed by atoms with Gasteiger partial charge in [-0.3, -0.25) is 0 Å². The van der Waals surface area contributed by atoms with Crippen molar-refractivity contribution in [3.8, 4) is 11.5 Å². The molecular weight excluding hydrogens is 570 g/mol. The Balaban J connectivity index is 1.28. The molecule has 2 atom stereocenters. The summed E-state index contributed by atoms with van der Waals surface area (Å²) >= 11 is 0. The monoisotopic (exact) mass is 626 g/mol. The fourth-order valence-corrected chi connectivity index (χ4v) is 6.71. The molecule has 1 heterocycles. The van der Waals surface area contributed by atoms with E-state index in [0.29, 0.717) is 11.3 Å². The molecule has 1 saturated heterocycles. The average molecular weight is 627 g/mol. The van der Waals surface area contributed by atoms with Gasteiger partial charge in [-0.15, -0.1) is 10.3 Å². The Bertz CT molecular complexity index is 1320. The van der Waals surface area contributed by atoms with E-state index in [0.717, 1.165) is 49.2 Å². The number of nitrogens with zero attached hydrogens (tertiary/aromatic N) is 1. The summed E-state index contributed by atoms with van der Waals surface area (Å²) in [5.41, 5.74) is 2.39. The van der Waals surface area contributed by atoms with Crippen LogP contribution < -0.4 is 9.47 Å². The largest absolute Gasteiger partial charge is 0.494 e. The Morgan fingerprint density at radius 2 is 1.11 bits per heavy atom. The summed E-state index contributed by atoms with van der Waals surface area (Å²) in [6, 6.07) is 23.3. The van der Waals surface area contributed by atoms with Gasteiger partial charge in [0.2, 0.25) is 0 Å². The van der Waals surface area contributed by atoms with Crippen molar-refractivity contribution in [1.82, 2.24) is 5.06 Å². The van der Waals surface area contributed by atoms with E-state index in [2.05, 4.69) is 13.8 Å². The van der Waals surface area contributed by atoms with Crippen LogP contribution in [0.5, 0.6) is 11.5 Å². The first-order chi connectivity index (χ1) is 22.3. The summed E-state index contributed by atoms with van der Waals surface area (Å²) in [5.74, 6) is 0.958. The number of hydroxylamine groups is 2. The Morgan fingerprint density at radius 1 is 0.630 bits per heavy atom. The number of carbonyl (C=O) groups excluding carboxylic acids is 1. The quantitative estimate of drug-likeness (QED) is 0.0754. The number of hydrogen-bond acceptors (Lipinski definition) is 4. The molecule has 3 aromatic rings. The normalized spacial score (nSPS) is 19.8. The van der Waals surface area contributed by atoms with Crippen molar-refractivity contribution in [3.05, 3.63) is 95.1 Å². The summed E-state index contributed by atoms with van der Waals surface area (Å²) in [4.78, 5) is 12.8. The minimum atomic E-state index is -0.684. The molecule has 0 N–H and O–H groups in total. The molecule has 1 aliphatic heterocycles. The van der Waals surface area contributed by atoms with Crippen LogP contribution in [0.15, 0.2) is 72.8 Å². The van der Waals surface area contributed by atoms with Gasteiger partial charge in [-0.1, -0.05) is 114 Å².